The van der Waals surface area contributed by atoms with Crippen LogP contribution in [-0.4, -0.2) is 28.3 Å². The molecule has 4 atom stereocenters. The van der Waals surface area contributed by atoms with Crippen LogP contribution in [0.1, 0.15) is 61.3 Å². The van der Waals surface area contributed by atoms with Gasteiger partial charge < -0.3 is 4.74 Å². The molecule has 3 aromatic rings. The topological polar surface area (TPSA) is 92.9 Å². The zero-order chi connectivity index (χ0) is 26.9. The molecular weight excluding hydrogens is 474 g/mol. The molecular formula is C32H33N3O3. The van der Waals surface area contributed by atoms with Crippen LogP contribution in [-0.2, 0) is 32.6 Å². The fourth-order valence-electron chi connectivity index (χ4n) is 6.70. The largest absolute Gasteiger partial charge is 0.466 e. The molecule has 38 heavy (non-hydrogen) atoms. The van der Waals surface area contributed by atoms with E-state index in [4.69, 9.17) is 14.7 Å². The number of carbonyl (C=O) groups excluding carboxylic acids is 2. The minimum Gasteiger partial charge on any atom is -0.466 e. The molecule has 2 aromatic carbocycles. The molecule has 0 N–H and O–H groups in total. The summed E-state index contributed by atoms with van der Waals surface area (Å²) in [6, 6.07) is 21.0. The molecule has 1 fully saturated rings. The SMILES string of the molecule is CC(=O)OCCCc1cccc(-c2nc(C)nc3c2CC[C@H]2[C@H](C)C(=O)C(C#N)C[C@@]32c2ccccc2)c1. The third kappa shape index (κ3) is 4.51. The van der Waals surface area contributed by atoms with Gasteiger partial charge in [-0.25, -0.2) is 9.97 Å². The first-order chi connectivity index (χ1) is 18.3. The maximum Gasteiger partial charge on any atom is 0.302 e. The van der Waals surface area contributed by atoms with Gasteiger partial charge in [0.25, 0.3) is 0 Å². The third-order valence-electron chi connectivity index (χ3n) is 8.36. The second-order valence-corrected chi connectivity index (χ2v) is 10.6. The third-order valence-corrected chi connectivity index (χ3v) is 8.36. The molecule has 0 saturated heterocycles. The Balaban J connectivity index is 1.63. The van der Waals surface area contributed by atoms with Crippen molar-refractivity contribution in [2.75, 3.05) is 6.61 Å². The Kier molecular flexibility index (Phi) is 7.12. The van der Waals surface area contributed by atoms with Crippen molar-refractivity contribution in [2.24, 2.45) is 17.8 Å². The van der Waals surface area contributed by atoms with Crippen LogP contribution >= 0.6 is 0 Å². The molecule has 1 unspecified atom stereocenters. The van der Waals surface area contributed by atoms with Crippen LogP contribution in [0, 0.1) is 36.0 Å². The van der Waals surface area contributed by atoms with E-state index in [0.29, 0.717) is 18.9 Å². The quantitative estimate of drug-likeness (QED) is 0.321. The summed E-state index contributed by atoms with van der Waals surface area (Å²) >= 11 is 0. The van der Waals surface area contributed by atoms with Gasteiger partial charge in [-0.2, -0.15) is 5.26 Å². The highest BCUT2D eigenvalue weighted by atomic mass is 16.5. The monoisotopic (exact) mass is 507 g/mol. The lowest BCUT2D eigenvalue weighted by atomic mass is 9.50. The number of hydrogen-bond acceptors (Lipinski definition) is 6. The molecule has 0 amide bonds. The Morgan fingerprint density at radius 3 is 2.68 bits per heavy atom. The average molecular weight is 508 g/mol. The van der Waals surface area contributed by atoms with Gasteiger partial charge in [0.2, 0.25) is 0 Å². The number of hydrogen-bond donors (Lipinski definition) is 0. The normalized spacial score (nSPS) is 24.2. The standard InChI is InChI=1S/C32H33N3O3/c1-20-28-15-14-27-29(24-11-7-9-23(17-24)10-8-16-38-22(3)36)34-21(2)35-31(27)32(28,18-25(19-33)30(20)37)26-12-5-4-6-13-26/h4-7,9,11-13,17,20,25,28H,8,10,14-16,18H2,1-3H3/t20-,25?,28-,32-/m0/s1. The molecule has 1 saturated carbocycles. The van der Waals surface area contributed by atoms with Crippen LogP contribution < -0.4 is 0 Å². The molecule has 0 spiro atoms. The van der Waals surface area contributed by atoms with Crippen LogP contribution in [0.4, 0.5) is 0 Å². The minimum atomic E-state index is -0.660. The smallest absolute Gasteiger partial charge is 0.302 e. The number of carbonyl (C=O) groups is 2. The van der Waals surface area contributed by atoms with Crippen molar-refractivity contribution in [1.82, 2.24) is 9.97 Å². The number of benzene rings is 2. The number of aromatic nitrogens is 2. The molecule has 0 radical (unpaired) electrons. The van der Waals surface area contributed by atoms with Gasteiger partial charge in [-0.05, 0) is 62.1 Å². The minimum absolute atomic E-state index is 0.0555. The van der Waals surface area contributed by atoms with E-state index in [1.807, 2.05) is 38.1 Å². The fraction of sp³-hybridized carbons (Fsp3) is 0.406. The van der Waals surface area contributed by atoms with E-state index in [1.165, 1.54) is 6.92 Å². The molecule has 0 aliphatic heterocycles. The van der Waals surface area contributed by atoms with Crippen molar-refractivity contribution in [3.63, 3.8) is 0 Å². The first kappa shape index (κ1) is 25.8. The summed E-state index contributed by atoms with van der Waals surface area (Å²) in [5.41, 5.74) is 5.82. The van der Waals surface area contributed by atoms with Crippen LogP contribution in [0.15, 0.2) is 54.6 Å². The fourth-order valence-corrected chi connectivity index (χ4v) is 6.70. The molecule has 2 aliphatic rings. The van der Waals surface area contributed by atoms with E-state index in [-0.39, 0.29) is 23.6 Å². The van der Waals surface area contributed by atoms with Crippen molar-refractivity contribution in [3.8, 4) is 17.3 Å². The molecule has 6 nitrogen and oxygen atoms in total. The predicted octanol–water partition coefficient (Wildman–Crippen LogP) is 5.54. The number of Topliss-reactive ketones (excluding diaryl/α,β-unsaturated/α-hetero) is 1. The number of aryl methyl sites for hydroxylation is 2. The lowest BCUT2D eigenvalue weighted by molar-refractivity contribution is -0.141. The van der Waals surface area contributed by atoms with Gasteiger partial charge in [0.05, 0.1) is 24.1 Å². The zero-order valence-electron chi connectivity index (χ0n) is 22.2. The number of esters is 1. The van der Waals surface area contributed by atoms with Crippen molar-refractivity contribution in [1.29, 1.82) is 5.26 Å². The van der Waals surface area contributed by atoms with E-state index in [2.05, 4.69) is 36.4 Å². The summed E-state index contributed by atoms with van der Waals surface area (Å²) in [4.78, 5) is 34.3. The van der Waals surface area contributed by atoms with E-state index in [9.17, 15) is 14.9 Å². The number of ketones is 1. The van der Waals surface area contributed by atoms with Crippen LogP contribution in [0.2, 0.25) is 0 Å². The first-order valence-corrected chi connectivity index (χ1v) is 13.4. The highest BCUT2D eigenvalue weighted by Gasteiger charge is 2.56. The highest BCUT2D eigenvalue weighted by molar-refractivity contribution is 5.87. The van der Waals surface area contributed by atoms with Gasteiger partial charge in [-0.15, -0.1) is 0 Å². The summed E-state index contributed by atoms with van der Waals surface area (Å²) in [7, 11) is 0. The molecule has 1 heterocycles. The molecule has 194 valence electrons. The Morgan fingerprint density at radius 1 is 1.16 bits per heavy atom. The van der Waals surface area contributed by atoms with E-state index >= 15 is 0 Å². The number of fused-ring (bicyclic) bond motifs is 3. The van der Waals surface area contributed by atoms with Crippen LogP contribution in [0.5, 0.6) is 0 Å². The Hall–Kier alpha value is -3.85. The van der Waals surface area contributed by atoms with Crippen molar-refractivity contribution < 1.29 is 14.3 Å². The van der Waals surface area contributed by atoms with E-state index in [1.54, 1.807) is 0 Å². The Morgan fingerprint density at radius 2 is 1.95 bits per heavy atom. The van der Waals surface area contributed by atoms with Crippen LogP contribution in [0.25, 0.3) is 11.3 Å². The van der Waals surface area contributed by atoms with Gasteiger partial charge in [0.1, 0.15) is 11.7 Å². The summed E-state index contributed by atoms with van der Waals surface area (Å²) in [5, 5.41) is 9.98. The maximum absolute atomic E-state index is 13.2. The molecule has 5 rings (SSSR count). The van der Waals surface area contributed by atoms with Gasteiger partial charge in [-0.3, -0.25) is 9.59 Å². The summed E-state index contributed by atoms with van der Waals surface area (Å²) in [6.07, 6.45) is 3.63. The summed E-state index contributed by atoms with van der Waals surface area (Å²) in [6.45, 7) is 5.75. The molecule has 0 bridgehead atoms. The Bertz CT molecular complexity index is 1410. The number of ether oxygens (including phenoxy) is 1. The second kappa shape index (κ2) is 10.5. The summed E-state index contributed by atoms with van der Waals surface area (Å²) < 4.78 is 5.10. The average Bonchev–Trinajstić information content (AvgIpc) is 2.93. The predicted molar refractivity (Wildman–Crippen MR) is 144 cm³/mol. The van der Waals surface area contributed by atoms with Gasteiger partial charge in [0, 0.05) is 29.4 Å². The van der Waals surface area contributed by atoms with E-state index < -0.39 is 11.3 Å². The molecule has 6 heteroatoms. The maximum atomic E-state index is 13.2. The van der Waals surface area contributed by atoms with Gasteiger partial charge in [-0.1, -0.05) is 55.5 Å². The number of nitrogens with zero attached hydrogens (tertiary/aromatic N) is 3. The first-order valence-electron chi connectivity index (χ1n) is 13.4. The van der Waals surface area contributed by atoms with Gasteiger partial charge in [0.15, 0.2) is 5.78 Å². The molecule has 1 aromatic heterocycles. The Labute approximate surface area is 224 Å². The molecule has 2 aliphatic carbocycles. The lowest BCUT2D eigenvalue weighted by Gasteiger charge is -2.51. The van der Waals surface area contributed by atoms with Gasteiger partial charge >= 0.3 is 5.97 Å². The second-order valence-electron chi connectivity index (χ2n) is 10.6. The number of rotatable bonds is 6. The lowest BCUT2D eigenvalue weighted by Crippen LogP contribution is -2.53. The van der Waals surface area contributed by atoms with Crippen LogP contribution in [0.3, 0.4) is 0 Å². The highest BCUT2D eigenvalue weighted by Crippen LogP contribution is 2.56. The van der Waals surface area contributed by atoms with E-state index in [0.717, 1.165) is 59.3 Å². The number of nitriles is 1. The van der Waals surface area contributed by atoms with Crippen molar-refractivity contribution in [3.05, 3.63) is 82.8 Å². The van der Waals surface area contributed by atoms with Crippen molar-refractivity contribution in [2.45, 2.75) is 58.3 Å². The summed E-state index contributed by atoms with van der Waals surface area (Å²) in [5.74, 6) is -0.324. The van der Waals surface area contributed by atoms with Crippen molar-refractivity contribution >= 4 is 11.8 Å². The zero-order valence-corrected chi connectivity index (χ0v) is 22.2.